The first-order valence-electron chi connectivity index (χ1n) is 7.68. The summed E-state index contributed by atoms with van der Waals surface area (Å²) in [6.07, 6.45) is 12.8. The Balaban J connectivity index is 1.86. The maximum absolute atomic E-state index is 3.57. The molecule has 0 amide bonds. The summed E-state index contributed by atoms with van der Waals surface area (Å²) in [6.45, 7) is 5.74. The van der Waals surface area contributed by atoms with E-state index in [9.17, 15) is 0 Å². The summed E-state index contributed by atoms with van der Waals surface area (Å²) in [4.78, 5) is 0. The molecule has 0 aromatic heterocycles. The first kappa shape index (κ1) is 15.4. The van der Waals surface area contributed by atoms with Crippen molar-refractivity contribution in [2.24, 2.45) is 0 Å². The molecule has 102 valence electrons. The average molecular weight is 257 g/mol. The Morgan fingerprint density at radius 3 is 2.65 bits per heavy atom. The smallest absolute Gasteiger partial charge is 0.00470 e. The number of rotatable bonds is 9. The molecule has 1 aliphatic carbocycles. The van der Waals surface area contributed by atoms with Crippen LogP contribution in [0.25, 0.3) is 0 Å². The maximum Gasteiger partial charge on any atom is 0.00470 e. The van der Waals surface area contributed by atoms with Gasteiger partial charge in [0.25, 0.3) is 0 Å². The van der Waals surface area contributed by atoms with E-state index in [0.717, 1.165) is 11.3 Å². The second-order valence-electron chi connectivity index (χ2n) is 5.48. The molecule has 0 radical (unpaired) electrons. The van der Waals surface area contributed by atoms with Gasteiger partial charge in [0.1, 0.15) is 0 Å². The minimum atomic E-state index is 0.717. The molecule has 1 fully saturated rings. The summed E-state index contributed by atoms with van der Waals surface area (Å²) in [5, 5.41) is 4.57. The molecule has 1 aliphatic rings. The summed E-state index contributed by atoms with van der Waals surface area (Å²) in [7, 11) is 0. The number of unbranched alkanes of at least 4 members (excludes halogenated alkanes) is 1. The lowest BCUT2D eigenvalue weighted by atomic mass is 10.0. The van der Waals surface area contributed by atoms with Gasteiger partial charge in [-0.2, -0.15) is 11.8 Å². The Morgan fingerprint density at radius 1 is 1.18 bits per heavy atom. The first-order chi connectivity index (χ1) is 8.33. The summed E-state index contributed by atoms with van der Waals surface area (Å²) >= 11 is 2.25. The minimum Gasteiger partial charge on any atom is -0.314 e. The molecule has 1 rings (SSSR count). The Kier molecular flexibility index (Phi) is 9.27. The fraction of sp³-hybridized carbons (Fsp3) is 1.00. The van der Waals surface area contributed by atoms with Gasteiger partial charge < -0.3 is 5.32 Å². The predicted octanol–water partition coefficient (Wildman–Crippen LogP) is 4.61. The van der Waals surface area contributed by atoms with Crippen LogP contribution in [-0.4, -0.2) is 23.6 Å². The number of hydrogen-bond donors (Lipinski definition) is 1. The topological polar surface area (TPSA) is 12.0 Å². The van der Waals surface area contributed by atoms with E-state index in [4.69, 9.17) is 0 Å². The van der Waals surface area contributed by atoms with Crippen LogP contribution in [0.1, 0.15) is 71.6 Å². The van der Waals surface area contributed by atoms with Crippen molar-refractivity contribution in [3.8, 4) is 0 Å². The molecule has 17 heavy (non-hydrogen) atoms. The SMILES string of the molecule is CCCNC(C)CCCCSC1CCCCC1. The van der Waals surface area contributed by atoms with Crippen molar-refractivity contribution >= 4 is 11.8 Å². The minimum absolute atomic E-state index is 0.717. The molecule has 2 heteroatoms. The van der Waals surface area contributed by atoms with Gasteiger partial charge >= 0.3 is 0 Å². The van der Waals surface area contributed by atoms with Crippen LogP contribution in [0.2, 0.25) is 0 Å². The van der Waals surface area contributed by atoms with Gasteiger partial charge in [-0.15, -0.1) is 0 Å². The normalized spacial score (nSPS) is 19.4. The van der Waals surface area contributed by atoms with Crippen LogP contribution in [0.3, 0.4) is 0 Å². The summed E-state index contributed by atoms with van der Waals surface area (Å²) < 4.78 is 0. The fourth-order valence-electron chi connectivity index (χ4n) is 2.53. The summed E-state index contributed by atoms with van der Waals surface area (Å²) in [5.41, 5.74) is 0. The Morgan fingerprint density at radius 2 is 1.94 bits per heavy atom. The van der Waals surface area contributed by atoms with E-state index in [1.165, 1.54) is 70.1 Å². The van der Waals surface area contributed by atoms with Gasteiger partial charge in [0.15, 0.2) is 0 Å². The van der Waals surface area contributed by atoms with Crippen LogP contribution in [0, 0.1) is 0 Å². The second kappa shape index (κ2) is 10.3. The standard InChI is InChI=1S/C15H31NS/c1-3-12-16-14(2)9-7-8-13-17-15-10-5-4-6-11-15/h14-16H,3-13H2,1-2H3. The van der Waals surface area contributed by atoms with E-state index in [1.54, 1.807) is 0 Å². The number of hydrogen-bond acceptors (Lipinski definition) is 2. The third-order valence-electron chi connectivity index (χ3n) is 3.68. The quantitative estimate of drug-likeness (QED) is 0.605. The molecule has 0 heterocycles. The molecule has 1 atom stereocenters. The zero-order chi connectivity index (χ0) is 12.3. The number of thioether (sulfide) groups is 1. The highest BCUT2D eigenvalue weighted by molar-refractivity contribution is 7.99. The van der Waals surface area contributed by atoms with Crippen molar-refractivity contribution in [1.29, 1.82) is 0 Å². The molecule has 0 aromatic carbocycles. The van der Waals surface area contributed by atoms with Crippen LogP contribution < -0.4 is 5.32 Å². The van der Waals surface area contributed by atoms with Gasteiger partial charge in [-0.3, -0.25) is 0 Å². The van der Waals surface area contributed by atoms with E-state index in [-0.39, 0.29) is 0 Å². The van der Waals surface area contributed by atoms with E-state index in [1.807, 2.05) is 0 Å². The van der Waals surface area contributed by atoms with Gasteiger partial charge in [0, 0.05) is 11.3 Å². The van der Waals surface area contributed by atoms with Gasteiger partial charge in [-0.05, 0) is 51.3 Å². The lowest BCUT2D eigenvalue weighted by molar-refractivity contribution is 0.495. The van der Waals surface area contributed by atoms with E-state index >= 15 is 0 Å². The van der Waals surface area contributed by atoms with E-state index in [2.05, 4.69) is 30.9 Å². The van der Waals surface area contributed by atoms with Crippen LogP contribution in [0.15, 0.2) is 0 Å². The molecule has 0 aromatic rings. The fourth-order valence-corrected chi connectivity index (χ4v) is 3.90. The Labute approximate surface area is 113 Å². The highest BCUT2D eigenvalue weighted by Crippen LogP contribution is 2.28. The molecular formula is C15H31NS. The first-order valence-corrected chi connectivity index (χ1v) is 8.72. The highest BCUT2D eigenvalue weighted by Gasteiger charge is 2.12. The van der Waals surface area contributed by atoms with Crippen molar-refractivity contribution in [2.45, 2.75) is 82.9 Å². The molecule has 0 bridgehead atoms. The molecule has 1 saturated carbocycles. The zero-order valence-electron chi connectivity index (χ0n) is 11.8. The molecule has 1 nitrogen and oxygen atoms in total. The molecule has 0 spiro atoms. The van der Waals surface area contributed by atoms with Crippen LogP contribution in [0.5, 0.6) is 0 Å². The van der Waals surface area contributed by atoms with Gasteiger partial charge in [-0.25, -0.2) is 0 Å². The van der Waals surface area contributed by atoms with Crippen LogP contribution >= 0.6 is 11.8 Å². The average Bonchev–Trinajstić information content (AvgIpc) is 2.37. The Hall–Kier alpha value is 0.310. The Bertz CT molecular complexity index is 166. The summed E-state index contributed by atoms with van der Waals surface area (Å²) in [5.74, 6) is 1.39. The number of nitrogens with one attached hydrogen (secondary N) is 1. The van der Waals surface area contributed by atoms with Gasteiger partial charge in [-0.1, -0.05) is 32.6 Å². The van der Waals surface area contributed by atoms with E-state index < -0.39 is 0 Å². The summed E-state index contributed by atoms with van der Waals surface area (Å²) in [6, 6.07) is 0.717. The monoisotopic (exact) mass is 257 g/mol. The molecule has 0 saturated heterocycles. The highest BCUT2D eigenvalue weighted by atomic mass is 32.2. The van der Waals surface area contributed by atoms with E-state index in [0.29, 0.717) is 0 Å². The maximum atomic E-state index is 3.57. The third-order valence-corrected chi connectivity index (χ3v) is 5.15. The van der Waals surface area contributed by atoms with Crippen molar-refractivity contribution in [3.05, 3.63) is 0 Å². The largest absolute Gasteiger partial charge is 0.314 e. The van der Waals surface area contributed by atoms with Crippen molar-refractivity contribution < 1.29 is 0 Å². The van der Waals surface area contributed by atoms with Crippen LogP contribution in [-0.2, 0) is 0 Å². The van der Waals surface area contributed by atoms with Gasteiger partial charge in [0.05, 0.1) is 0 Å². The lowest BCUT2D eigenvalue weighted by Crippen LogP contribution is -2.26. The van der Waals surface area contributed by atoms with Crippen molar-refractivity contribution in [2.75, 3.05) is 12.3 Å². The van der Waals surface area contributed by atoms with Crippen molar-refractivity contribution in [1.82, 2.24) is 5.32 Å². The molecular weight excluding hydrogens is 226 g/mol. The van der Waals surface area contributed by atoms with Crippen molar-refractivity contribution in [3.63, 3.8) is 0 Å². The third kappa shape index (κ3) is 8.10. The molecule has 1 unspecified atom stereocenters. The predicted molar refractivity (Wildman–Crippen MR) is 80.9 cm³/mol. The van der Waals surface area contributed by atoms with Gasteiger partial charge in [0.2, 0.25) is 0 Å². The zero-order valence-corrected chi connectivity index (χ0v) is 12.7. The lowest BCUT2D eigenvalue weighted by Gasteiger charge is -2.21. The molecule has 1 N–H and O–H groups in total. The molecule has 0 aliphatic heterocycles. The van der Waals surface area contributed by atoms with Crippen LogP contribution in [0.4, 0.5) is 0 Å². The second-order valence-corrected chi connectivity index (χ2v) is 6.89.